The molecular formula is C24H22F5N3O3. The quantitative estimate of drug-likeness (QED) is 0.357. The Labute approximate surface area is 197 Å². The van der Waals surface area contributed by atoms with Gasteiger partial charge in [0.2, 0.25) is 11.6 Å². The molecular weight excluding hydrogens is 473 g/mol. The highest BCUT2D eigenvalue weighted by Gasteiger charge is 2.44. The van der Waals surface area contributed by atoms with E-state index in [0.29, 0.717) is 5.52 Å². The fraction of sp³-hybridized carbons (Fsp3) is 0.375. The van der Waals surface area contributed by atoms with Crippen molar-refractivity contribution in [2.75, 3.05) is 11.9 Å². The number of nitrogens with zero attached hydrogens (tertiary/aromatic N) is 2. The van der Waals surface area contributed by atoms with E-state index in [0.717, 1.165) is 24.3 Å². The van der Waals surface area contributed by atoms with E-state index in [1.807, 2.05) is 0 Å². The lowest BCUT2D eigenvalue weighted by Crippen LogP contribution is -2.40. The summed E-state index contributed by atoms with van der Waals surface area (Å²) in [6.07, 6.45) is -4.48. The number of amides is 1. The average molecular weight is 495 g/mol. The molecule has 0 unspecified atom stereocenters. The molecule has 0 bridgehead atoms. The summed E-state index contributed by atoms with van der Waals surface area (Å²) < 4.78 is 74.5. The Bertz CT molecular complexity index is 1260. The molecule has 0 atom stereocenters. The summed E-state index contributed by atoms with van der Waals surface area (Å²) in [5.74, 6) is -2.34. The number of aromatic nitrogens is 2. The van der Waals surface area contributed by atoms with Gasteiger partial charge in [-0.05, 0) is 62.9 Å². The predicted molar refractivity (Wildman–Crippen MR) is 117 cm³/mol. The number of halogens is 5. The number of benzene rings is 2. The molecule has 1 aromatic heterocycles. The lowest BCUT2D eigenvalue weighted by Gasteiger charge is -2.33. The van der Waals surface area contributed by atoms with E-state index in [2.05, 4.69) is 10.3 Å². The molecule has 1 aliphatic rings. The van der Waals surface area contributed by atoms with Crippen LogP contribution < -0.4 is 5.32 Å². The lowest BCUT2D eigenvalue weighted by molar-refractivity contribution is -0.160. The van der Waals surface area contributed by atoms with Crippen molar-refractivity contribution in [3.8, 4) is 0 Å². The normalized spacial score (nSPS) is 20.6. The van der Waals surface area contributed by atoms with Crippen LogP contribution in [0, 0.1) is 5.82 Å². The van der Waals surface area contributed by atoms with Crippen molar-refractivity contribution in [3.63, 3.8) is 0 Å². The monoisotopic (exact) mass is 495 g/mol. The Morgan fingerprint density at radius 2 is 1.89 bits per heavy atom. The van der Waals surface area contributed by atoms with Gasteiger partial charge in [0, 0.05) is 17.7 Å². The number of esters is 1. The number of rotatable bonds is 5. The fourth-order valence-electron chi connectivity index (χ4n) is 4.32. The number of carbonyl (C=O) groups is 2. The Morgan fingerprint density at radius 1 is 1.17 bits per heavy atom. The molecule has 4 rings (SSSR count). The number of ether oxygens (including phenoxy) is 1. The molecule has 11 heteroatoms. The summed E-state index contributed by atoms with van der Waals surface area (Å²) in [5, 5.41) is 2.51. The van der Waals surface area contributed by atoms with Crippen LogP contribution in [0.5, 0.6) is 0 Å². The number of fused-ring (bicyclic) bond motifs is 1. The first-order chi connectivity index (χ1) is 16.5. The Morgan fingerprint density at radius 3 is 2.54 bits per heavy atom. The van der Waals surface area contributed by atoms with E-state index in [1.165, 1.54) is 18.2 Å². The average Bonchev–Trinajstić information content (AvgIpc) is 3.16. The van der Waals surface area contributed by atoms with Gasteiger partial charge in [0.1, 0.15) is 5.82 Å². The zero-order valence-corrected chi connectivity index (χ0v) is 18.7. The molecule has 186 valence electrons. The van der Waals surface area contributed by atoms with Crippen molar-refractivity contribution in [2.45, 2.75) is 50.5 Å². The zero-order chi connectivity index (χ0) is 25.4. The van der Waals surface area contributed by atoms with Gasteiger partial charge < -0.3 is 9.30 Å². The Hall–Kier alpha value is -3.50. The smallest absolute Gasteiger partial charge is 0.416 e. The molecule has 6 nitrogen and oxygen atoms in total. The molecule has 1 amide bonds. The second kappa shape index (κ2) is 9.27. The van der Waals surface area contributed by atoms with E-state index in [1.54, 1.807) is 11.5 Å². The number of hydrogen-bond acceptors (Lipinski definition) is 4. The van der Waals surface area contributed by atoms with E-state index in [-0.39, 0.29) is 49.3 Å². The molecule has 1 fully saturated rings. The molecule has 1 aliphatic carbocycles. The fourth-order valence-corrected chi connectivity index (χ4v) is 4.32. The maximum absolute atomic E-state index is 15.1. The third kappa shape index (κ3) is 4.98. The van der Waals surface area contributed by atoms with Crippen LogP contribution in [0.1, 0.15) is 54.6 Å². The van der Waals surface area contributed by atoms with Crippen LogP contribution in [-0.4, -0.2) is 33.7 Å². The van der Waals surface area contributed by atoms with Crippen molar-refractivity contribution in [1.29, 1.82) is 0 Å². The molecule has 1 heterocycles. The largest absolute Gasteiger partial charge is 0.464 e. The van der Waals surface area contributed by atoms with Crippen molar-refractivity contribution in [1.82, 2.24) is 9.55 Å². The van der Waals surface area contributed by atoms with Crippen LogP contribution in [0.2, 0.25) is 0 Å². The molecule has 0 spiro atoms. The summed E-state index contributed by atoms with van der Waals surface area (Å²) in [6.45, 7) is 1.64. The number of nitrogens with one attached hydrogen (secondary N) is 1. The van der Waals surface area contributed by atoms with Gasteiger partial charge in [-0.2, -0.15) is 13.2 Å². The maximum Gasteiger partial charge on any atom is 0.416 e. The molecule has 1 saturated carbocycles. The molecule has 0 radical (unpaired) electrons. The van der Waals surface area contributed by atoms with Gasteiger partial charge in [-0.3, -0.25) is 10.1 Å². The second-order valence-corrected chi connectivity index (χ2v) is 8.39. The van der Waals surface area contributed by atoms with Crippen molar-refractivity contribution in [2.24, 2.45) is 0 Å². The number of imidazole rings is 1. The third-order valence-electron chi connectivity index (χ3n) is 6.08. The minimum atomic E-state index is -4.62. The van der Waals surface area contributed by atoms with Crippen molar-refractivity contribution >= 4 is 28.9 Å². The SMILES string of the molecule is CCOC(=O)C1(F)CCC(n2c(NC(=O)c3cccc(C(F)(F)F)c3)nc3cc(F)ccc32)CC1. The number of hydrogen-bond donors (Lipinski definition) is 1. The number of carbonyl (C=O) groups excluding carboxylic acids is 2. The first-order valence-corrected chi connectivity index (χ1v) is 11.0. The molecule has 0 saturated heterocycles. The highest BCUT2D eigenvalue weighted by atomic mass is 19.4. The standard InChI is InChI=1S/C24H22F5N3O3/c1-2-35-21(34)23(26)10-8-17(9-11-23)32-19-7-6-16(25)13-18(19)30-22(32)31-20(33)14-4-3-5-15(12-14)24(27,28)29/h3-7,12-13,17H,2,8-11H2,1H3,(H,30,31,33). The van der Waals surface area contributed by atoms with Gasteiger partial charge in [-0.25, -0.2) is 18.6 Å². The van der Waals surface area contributed by atoms with E-state index < -0.39 is 41.1 Å². The minimum Gasteiger partial charge on any atom is -0.464 e. The first kappa shape index (κ1) is 24.6. The van der Waals surface area contributed by atoms with Gasteiger partial charge in [0.05, 0.1) is 23.2 Å². The van der Waals surface area contributed by atoms with Crippen LogP contribution in [0.4, 0.5) is 27.9 Å². The van der Waals surface area contributed by atoms with Gasteiger partial charge >= 0.3 is 12.1 Å². The van der Waals surface area contributed by atoms with E-state index in [9.17, 15) is 27.2 Å². The van der Waals surface area contributed by atoms with Gasteiger partial charge in [0.25, 0.3) is 5.91 Å². The molecule has 3 aromatic rings. The highest BCUT2D eigenvalue weighted by Crippen LogP contribution is 2.41. The molecule has 2 aromatic carbocycles. The predicted octanol–water partition coefficient (Wildman–Crippen LogP) is 5.83. The first-order valence-electron chi connectivity index (χ1n) is 11.0. The molecule has 35 heavy (non-hydrogen) atoms. The Balaban J connectivity index is 1.65. The van der Waals surface area contributed by atoms with E-state index >= 15 is 4.39 Å². The highest BCUT2D eigenvalue weighted by molar-refractivity contribution is 6.04. The Kier molecular flexibility index (Phi) is 6.52. The summed E-state index contributed by atoms with van der Waals surface area (Å²) in [5.41, 5.74) is -2.68. The van der Waals surface area contributed by atoms with Crippen LogP contribution in [0.3, 0.4) is 0 Å². The topological polar surface area (TPSA) is 73.2 Å². The lowest BCUT2D eigenvalue weighted by atomic mass is 9.83. The molecule has 1 N–H and O–H groups in total. The van der Waals surface area contributed by atoms with E-state index in [4.69, 9.17) is 4.74 Å². The van der Waals surface area contributed by atoms with Crippen LogP contribution >= 0.6 is 0 Å². The summed E-state index contributed by atoms with van der Waals surface area (Å²) in [7, 11) is 0. The maximum atomic E-state index is 15.1. The summed E-state index contributed by atoms with van der Waals surface area (Å²) >= 11 is 0. The van der Waals surface area contributed by atoms with Crippen LogP contribution in [-0.2, 0) is 15.7 Å². The molecule has 0 aliphatic heterocycles. The van der Waals surface area contributed by atoms with Gasteiger partial charge in [-0.15, -0.1) is 0 Å². The second-order valence-electron chi connectivity index (χ2n) is 8.39. The number of anilines is 1. The van der Waals surface area contributed by atoms with Crippen LogP contribution in [0.25, 0.3) is 11.0 Å². The summed E-state index contributed by atoms with van der Waals surface area (Å²) in [4.78, 5) is 29.1. The van der Waals surface area contributed by atoms with Gasteiger partial charge in [0.15, 0.2) is 0 Å². The van der Waals surface area contributed by atoms with Crippen LogP contribution in [0.15, 0.2) is 42.5 Å². The zero-order valence-electron chi connectivity index (χ0n) is 18.7. The van der Waals surface area contributed by atoms with Crippen molar-refractivity contribution in [3.05, 3.63) is 59.4 Å². The van der Waals surface area contributed by atoms with Gasteiger partial charge in [-0.1, -0.05) is 6.07 Å². The number of alkyl halides is 4. The third-order valence-corrected chi connectivity index (χ3v) is 6.08. The summed E-state index contributed by atoms with van der Waals surface area (Å²) in [6, 6.07) is 7.35. The minimum absolute atomic E-state index is 0.0134. The van der Waals surface area contributed by atoms with Crippen molar-refractivity contribution < 1.29 is 36.3 Å².